The summed E-state index contributed by atoms with van der Waals surface area (Å²) in [5.74, 6) is 0.123. The quantitative estimate of drug-likeness (QED) is 0.712. The van der Waals surface area contributed by atoms with Crippen LogP contribution in [0.15, 0.2) is 28.7 Å². The van der Waals surface area contributed by atoms with Crippen LogP contribution >= 0.6 is 15.9 Å². The van der Waals surface area contributed by atoms with Crippen LogP contribution in [0.25, 0.3) is 0 Å². The predicted octanol–water partition coefficient (Wildman–Crippen LogP) is 3.87. The lowest BCUT2D eigenvalue weighted by atomic mass is 10.00. The molecule has 2 unspecified atom stereocenters. The van der Waals surface area contributed by atoms with Crippen molar-refractivity contribution in [3.63, 3.8) is 0 Å². The Kier molecular flexibility index (Phi) is 7.01. The normalized spacial score (nSPS) is 13.7. The molecule has 0 aliphatic rings. The highest BCUT2D eigenvalue weighted by molar-refractivity contribution is 9.10. The second-order valence-electron chi connectivity index (χ2n) is 7.15. The maximum absolute atomic E-state index is 12.4. The Labute approximate surface area is 163 Å². The van der Waals surface area contributed by atoms with E-state index in [0.29, 0.717) is 12.5 Å². The highest BCUT2D eigenvalue weighted by Gasteiger charge is 2.18. The SMILES string of the molecule is Cc1nn(CC(C)C(=O)NCC(O)c2ccc(C(C)C)cc2)c(C)c1Br. The molecule has 1 aromatic carbocycles. The lowest BCUT2D eigenvalue weighted by Gasteiger charge is -2.17. The van der Waals surface area contributed by atoms with Crippen molar-refractivity contribution >= 4 is 21.8 Å². The van der Waals surface area contributed by atoms with Gasteiger partial charge in [0.25, 0.3) is 0 Å². The Hall–Kier alpha value is -1.66. The maximum atomic E-state index is 12.4. The zero-order chi connectivity index (χ0) is 19.4. The van der Waals surface area contributed by atoms with Gasteiger partial charge in [0.15, 0.2) is 0 Å². The van der Waals surface area contributed by atoms with Crippen LogP contribution in [0.4, 0.5) is 0 Å². The third-order valence-electron chi connectivity index (χ3n) is 4.65. The standard InChI is InChI=1S/C20H28BrN3O2/c1-12(2)16-6-8-17(9-7-16)18(25)10-22-20(26)13(3)11-24-15(5)19(21)14(4)23-24/h6-9,12-13,18,25H,10-11H2,1-5H3,(H,22,26). The van der Waals surface area contributed by atoms with E-state index in [1.807, 2.05) is 49.7 Å². The molecule has 0 radical (unpaired) electrons. The van der Waals surface area contributed by atoms with Crippen LogP contribution in [0.1, 0.15) is 55.3 Å². The highest BCUT2D eigenvalue weighted by Crippen LogP contribution is 2.21. The molecule has 2 atom stereocenters. The van der Waals surface area contributed by atoms with Crippen LogP contribution < -0.4 is 5.32 Å². The van der Waals surface area contributed by atoms with Crippen LogP contribution in [0, 0.1) is 19.8 Å². The molecule has 2 aromatic rings. The minimum absolute atomic E-state index is 0.0912. The van der Waals surface area contributed by atoms with E-state index in [1.165, 1.54) is 5.56 Å². The fourth-order valence-electron chi connectivity index (χ4n) is 2.79. The molecule has 1 amide bonds. The van der Waals surface area contributed by atoms with Gasteiger partial charge in [0.2, 0.25) is 5.91 Å². The number of carbonyl (C=O) groups excluding carboxylic acids is 1. The van der Waals surface area contributed by atoms with E-state index in [-0.39, 0.29) is 18.4 Å². The second-order valence-corrected chi connectivity index (χ2v) is 7.94. The first-order valence-corrected chi connectivity index (χ1v) is 9.75. The summed E-state index contributed by atoms with van der Waals surface area (Å²) < 4.78 is 2.82. The van der Waals surface area contributed by atoms with Gasteiger partial charge in [-0.2, -0.15) is 5.10 Å². The summed E-state index contributed by atoms with van der Waals surface area (Å²) in [4.78, 5) is 12.4. The molecular formula is C20H28BrN3O2. The molecule has 1 aromatic heterocycles. The van der Waals surface area contributed by atoms with Gasteiger partial charge in [-0.1, -0.05) is 45.0 Å². The largest absolute Gasteiger partial charge is 0.387 e. The number of rotatable bonds is 7. The van der Waals surface area contributed by atoms with Crippen molar-refractivity contribution < 1.29 is 9.90 Å². The summed E-state index contributed by atoms with van der Waals surface area (Å²) in [6.45, 7) is 10.7. The number of aromatic nitrogens is 2. The van der Waals surface area contributed by atoms with Gasteiger partial charge in [0, 0.05) is 12.2 Å². The highest BCUT2D eigenvalue weighted by atomic mass is 79.9. The van der Waals surface area contributed by atoms with Crippen molar-refractivity contribution in [1.29, 1.82) is 0 Å². The zero-order valence-corrected chi connectivity index (χ0v) is 17.7. The molecule has 0 aliphatic carbocycles. The van der Waals surface area contributed by atoms with Crippen LogP contribution in [-0.4, -0.2) is 27.3 Å². The van der Waals surface area contributed by atoms with Crippen LogP contribution in [-0.2, 0) is 11.3 Å². The molecule has 142 valence electrons. The summed E-state index contributed by atoms with van der Waals surface area (Å²) in [6, 6.07) is 7.88. The molecule has 0 spiro atoms. The number of amides is 1. The topological polar surface area (TPSA) is 67.2 Å². The number of aryl methyl sites for hydroxylation is 1. The molecule has 5 nitrogen and oxygen atoms in total. The Balaban J connectivity index is 1.89. The molecule has 26 heavy (non-hydrogen) atoms. The van der Waals surface area contributed by atoms with Gasteiger partial charge in [-0.05, 0) is 46.8 Å². The summed E-state index contributed by atoms with van der Waals surface area (Å²) >= 11 is 3.50. The van der Waals surface area contributed by atoms with Gasteiger partial charge in [-0.3, -0.25) is 9.48 Å². The minimum Gasteiger partial charge on any atom is -0.387 e. The first-order chi connectivity index (χ1) is 12.2. The van der Waals surface area contributed by atoms with Crippen molar-refractivity contribution in [3.8, 4) is 0 Å². The third-order valence-corrected chi connectivity index (χ3v) is 5.79. The zero-order valence-electron chi connectivity index (χ0n) is 16.1. The lowest BCUT2D eigenvalue weighted by Crippen LogP contribution is -2.34. The molecule has 0 saturated carbocycles. The van der Waals surface area contributed by atoms with Gasteiger partial charge in [-0.15, -0.1) is 0 Å². The van der Waals surface area contributed by atoms with Crippen molar-refractivity contribution in [2.24, 2.45) is 5.92 Å². The Morgan fingerprint density at radius 1 is 1.19 bits per heavy atom. The minimum atomic E-state index is -0.713. The van der Waals surface area contributed by atoms with E-state index >= 15 is 0 Å². The number of nitrogens with zero attached hydrogens (tertiary/aromatic N) is 2. The second kappa shape index (κ2) is 8.82. The van der Waals surface area contributed by atoms with E-state index in [4.69, 9.17) is 0 Å². The summed E-state index contributed by atoms with van der Waals surface area (Å²) in [5, 5.41) is 17.6. The smallest absolute Gasteiger partial charge is 0.224 e. The first kappa shape index (κ1) is 20.6. The summed E-state index contributed by atoms with van der Waals surface area (Å²) in [5.41, 5.74) is 3.96. The van der Waals surface area contributed by atoms with Gasteiger partial charge in [-0.25, -0.2) is 0 Å². The Morgan fingerprint density at radius 3 is 2.27 bits per heavy atom. The molecule has 0 aliphatic heterocycles. The lowest BCUT2D eigenvalue weighted by molar-refractivity contribution is -0.125. The average Bonchev–Trinajstić information content (AvgIpc) is 2.86. The third kappa shape index (κ3) is 4.95. The molecule has 6 heteroatoms. The number of hydrogen-bond donors (Lipinski definition) is 2. The summed E-state index contributed by atoms with van der Waals surface area (Å²) in [7, 11) is 0. The van der Waals surface area contributed by atoms with Crippen molar-refractivity contribution in [3.05, 3.63) is 51.3 Å². The molecule has 0 bridgehead atoms. The van der Waals surface area contributed by atoms with Gasteiger partial charge in [0.05, 0.1) is 28.7 Å². The number of benzene rings is 1. The molecule has 1 heterocycles. The molecule has 0 fully saturated rings. The van der Waals surface area contributed by atoms with Crippen LogP contribution in [0.3, 0.4) is 0 Å². The van der Waals surface area contributed by atoms with Gasteiger partial charge < -0.3 is 10.4 Å². The summed E-state index contributed by atoms with van der Waals surface area (Å²) in [6.07, 6.45) is -0.713. The number of halogens is 1. The fourth-order valence-corrected chi connectivity index (χ4v) is 3.07. The van der Waals surface area contributed by atoms with Crippen molar-refractivity contribution in [2.75, 3.05) is 6.54 Å². The Bertz CT molecular complexity index is 753. The van der Waals surface area contributed by atoms with E-state index < -0.39 is 6.10 Å². The molecule has 2 N–H and O–H groups in total. The molecular weight excluding hydrogens is 394 g/mol. The van der Waals surface area contributed by atoms with E-state index in [9.17, 15) is 9.90 Å². The Morgan fingerprint density at radius 2 is 1.77 bits per heavy atom. The first-order valence-electron chi connectivity index (χ1n) is 8.95. The monoisotopic (exact) mass is 421 g/mol. The number of hydrogen-bond acceptors (Lipinski definition) is 3. The predicted molar refractivity (Wildman–Crippen MR) is 107 cm³/mol. The number of carbonyl (C=O) groups is 1. The molecule has 2 rings (SSSR count). The van der Waals surface area contributed by atoms with Gasteiger partial charge >= 0.3 is 0 Å². The number of nitrogens with one attached hydrogen (secondary N) is 1. The fraction of sp³-hybridized carbons (Fsp3) is 0.500. The number of aliphatic hydroxyl groups is 1. The van der Waals surface area contributed by atoms with E-state index in [0.717, 1.165) is 21.4 Å². The maximum Gasteiger partial charge on any atom is 0.224 e. The van der Waals surface area contributed by atoms with Gasteiger partial charge in [0.1, 0.15) is 0 Å². The van der Waals surface area contributed by atoms with Crippen molar-refractivity contribution in [2.45, 2.75) is 53.2 Å². The average molecular weight is 422 g/mol. The van der Waals surface area contributed by atoms with E-state index in [2.05, 4.69) is 40.2 Å². The van der Waals surface area contributed by atoms with E-state index in [1.54, 1.807) is 0 Å². The van der Waals surface area contributed by atoms with Crippen LogP contribution in [0.2, 0.25) is 0 Å². The van der Waals surface area contributed by atoms with Crippen LogP contribution in [0.5, 0.6) is 0 Å². The molecule has 0 saturated heterocycles. The number of aliphatic hydroxyl groups excluding tert-OH is 1. The van der Waals surface area contributed by atoms with Crippen molar-refractivity contribution in [1.82, 2.24) is 15.1 Å².